The van der Waals surface area contributed by atoms with E-state index >= 15 is 0 Å². The van der Waals surface area contributed by atoms with Crippen LogP contribution in [0.5, 0.6) is 5.75 Å². The van der Waals surface area contributed by atoms with E-state index in [0.29, 0.717) is 17.1 Å². The number of hydrogen-bond donors (Lipinski definition) is 2. The maximum absolute atomic E-state index is 12.7. The predicted molar refractivity (Wildman–Crippen MR) is 76.1 cm³/mol. The smallest absolute Gasteiger partial charge is 0.262 e. The molecule has 2 aromatic carbocycles. The fourth-order valence-corrected chi connectivity index (χ4v) is 1.67. The Balaban J connectivity index is 1.90. The summed E-state index contributed by atoms with van der Waals surface area (Å²) in [7, 11) is 0. The molecular formula is C15H15FN2O2. The number of anilines is 2. The number of carbonyl (C=O) groups is 1. The summed E-state index contributed by atoms with van der Waals surface area (Å²) in [6.07, 6.45) is 0. The van der Waals surface area contributed by atoms with Gasteiger partial charge in [-0.15, -0.1) is 0 Å². The van der Waals surface area contributed by atoms with E-state index in [4.69, 9.17) is 10.5 Å². The molecule has 3 N–H and O–H groups in total. The number of carbonyl (C=O) groups excluding carboxylic acids is 1. The van der Waals surface area contributed by atoms with Crippen molar-refractivity contribution in [3.8, 4) is 5.75 Å². The van der Waals surface area contributed by atoms with Gasteiger partial charge in [-0.2, -0.15) is 0 Å². The first-order valence-electron chi connectivity index (χ1n) is 6.09. The molecule has 0 aliphatic carbocycles. The van der Waals surface area contributed by atoms with Crippen molar-refractivity contribution >= 4 is 17.3 Å². The molecule has 0 spiro atoms. The van der Waals surface area contributed by atoms with Gasteiger partial charge < -0.3 is 15.8 Å². The molecule has 0 unspecified atom stereocenters. The standard InChI is InChI=1S/C15H15FN2O2/c1-10-2-7-14(13(17)8-10)20-9-15(19)18-12-5-3-11(16)4-6-12/h2-8H,9,17H2,1H3,(H,18,19). The third-order valence-electron chi connectivity index (χ3n) is 2.65. The van der Waals surface area contributed by atoms with Crippen molar-refractivity contribution in [1.29, 1.82) is 0 Å². The van der Waals surface area contributed by atoms with Gasteiger partial charge in [0, 0.05) is 5.69 Å². The van der Waals surface area contributed by atoms with Crippen molar-refractivity contribution in [3.63, 3.8) is 0 Å². The number of benzene rings is 2. The molecule has 0 heterocycles. The van der Waals surface area contributed by atoms with Gasteiger partial charge in [0.1, 0.15) is 11.6 Å². The van der Waals surface area contributed by atoms with E-state index in [1.807, 2.05) is 13.0 Å². The molecule has 1 amide bonds. The van der Waals surface area contributed by atoms with Crippen molar-refractivity contribution in [3.05, 3.63) is 53.8 Å². The van der Waals surface area contributed by atoms with Crippen LogP contribution in [0.1, 0.15) is 5.56 Å². The van der Waals surface area contributed by atoms with Crippen LogP contribution in [0.25, 0.3) is 0 Å². The maximum Gasteiger partial charge on any atom is 0.262 e. The summed E-state index contributed by atoms with van der Waals surface area (Å²) in [5.41, 5.74) is 7.79. The lowest BCUT2D eigenvalue weighted by molar-refractivity contribution is -0.118. The number of ether oxygens (including phenoxy) is 1. The Morgan fingerprint density at radius 1 is 1.25 bits per heavy atom. The Kier molecular flexibility index (Phi) is 4.20. The quantitative estimate of drug-likeness (QED) is 0.842. The van der Waals surface area contributed by atoms with E-state index in [-0.39, 0.29) is 18.3 Å². The van der Waals surface area contributed by atoms with Gasteiger partial charge in [0.05, 0.1) is 5.69 Å². The van der Waals surface area contributed by atoms with E-state index in [1.54, 1.807) is 12.1 Å². The minimum Gasteiger partial charge on any atom is -0.482 e. The molecule has 4 nitrogen and oxygen atoms in total. The molecule has 20 heavy (non-hydrogen) atoms. The third kappa shape index (κ3) is 3.71. The zero-order valence-corrected chi connectivity index (χ0v) is 11.0. The van der Waals surface area contributed by atoms with Crippen LogP contribution in [0.3, 0.4) is 0 Å². The van der Waals surface area contributed by atoms with E-state index in [2.05, 4.69) is 5.32 Å². The lowest BCUT2D eigenvalue weighted by Gasteiger charge is -2.10. The Hall–Kier alpha value is -2.56. The molecular weight excluding hydrogens is 259 g/mol. The van der Waals surface area contributed by atoms with Gasteiger partial charge in [0.2, 0.25) is 0 Å². The first-order valence-corrected chi connectivity index (χ1v) is 6.09. The van der Waals surface area contributed by atoms with Crippen molar-refractivity contribution in [2.24, 2.45) is 0 Å². The predicted octanol–water partition coefficient (Wildman–Crippen LogP) is 2.73. The minimum atomic E-state index is -0.355. The zero-order chi connectivity index (χ0) is 14.5. The monoisotopic (exact) mass is 274 g/mol. The van der Waals surface area contributed by atoms with Gasteiger partial charge in [0.15, 0.2) is 6.61 Å². The highest BCUT2D eigenvalue weighted by molar-refractivity contribution is 5.91. The minimum absolute atomic E-state index is 0.162. The number of nitrogens with one attached hydrogen (secondary N) is 1. The van der Waals surface area contributed by atoms with Crippen molar-refractivity contribution in [2.45, 2.75) is 6.92 Å². The van der Waals surface area contributed by atoms with Crippen LogP contribution < -0.4 is 15.8 Å². The fourth-order valence-electron chi connectivity index (χ4n) is 1.67. The van der Waals surface area contributed by atoms with Crippen molar-refractivity contribution in [2.75, 3.05) is 17.7 Å². The summed E-state index contributed by atoms with van der Waals surface area (Å²) in [5.74, 6) is -0.229. The lowest BCUT2D eigenvalue weighted by Crippen LogP contribution is -2.20. The molecule has 0 saturated carbocycles. The number of halogens is 1. The van der Waals surface area contributed by atoms with Crippen LogP contribution in [-0.2, 0) is 4.79 Å². The average Bonchev–Trinajstić information content (AvgIpc) is 2.40. The van der Waals surface area contributed by atoms with E-state index in [1.165, 1.54) is 24.3 Å². The molecule has 0 aromatic heterocycles. The SMILES string of the molecule is Cc1ccc(OCC(=O)Nc2ccc(F)cc2)c(N)c1. The topological polar surface area (TPSA) is 64.3 Å². The Morgan fingerprint density at radius 2 is 1.95 bits per heavy atom. The van der Waals surface area contributed by atoms with Crippen molar-refractivity contribution < 1.29 is 13.9 Å². The molecule has 104 valence electrons. The van der Waals surface area contributed by atoms with Gasteiger partial charge in [-0.1, -0.05) is 6.07 Å². The first-order chi connectivity index (χ1) is 9.54. The van der Waals surface area contributed by atoms with Crippen LogP contribution in [0.15, 0.2) is 42.5 Å². The molecule has 0 aliphatic heterocycles. The Bertz CT molecular complexity index is 612. The number of aryl methyl sites for hydroxylation is 1. The summed E-state index contributed by atoms with van der Waals surface area (Å²) in [6, 6.07) is 10.8. The number of nitrogens with two attached hydrogens (primary N) is 1. The molecule has 2 aromatic rings. The zero-order valence-electron chi connectivity index (χ0n) is 11.0. The van der Waals surface area contributed by atoms with Crippen LogP contribution in [-0.4, -0.2) is 12.5 Å². The summed E-state index contributed by atoms with van der Waals surface area (Å²) in [4.78, 5) is 11.7. The molecule has 5 heteroatoms. The second-order valence-corrected chi connectivity index (χ2v) is 4.39. The maximum atomic E-state index is 12.7. The third-order valence-corrected chi connectivity index (χ3v) is 2.65. The number of rotatable bonds is 4. The largest absolute Gasteiger partial charge is 0.482 e. The van der Waals surface area contributed by atoms with Gasteiger partial charge in [-0.05, 0) is 48.9 Å². The highest BCUT2D eigenvalue weighted by Crippen LogP contribution is 2.22. The second-order valence-electron chi connectivity index (χ2n) is 4.39. The number of hydrogen-bond acceptors (Lipinski definition) is 3. The lowest BCUT2D eigenvalue weighted by atomic mass is 10.2. The van der Waals surface area contributed by atoms with Gasteiger partial charge >= 0.3 is 0 Å². The summed E-state index contributed by atoms with van der Waals surface area (Å²) in [5, 5.41) is 2.60. The van der Waals surface area contributed by atoms with Crippen molar-refractivity contribution in [1.82, 2.24) is 0 Å². The van der Waals surface area contributed by atoms with Crippen LogP contribution in [0.4, 0.5) is 15.8 Å². The molecule has 0 atom stereocenters. The second kappa shape index (κ2) is 6.06. The molecule has 2 rings (SSSR count). The van der Waals surface area contributed by atoms with E-state index in [9.17, 15) is 9.18 Å². The Labute approximate surface area is 116 Å². The molecule has 0 fully saturated rings. The average molecular weight is 274 g/mol. The van der Waals surface area contributed by atoms with Gasteiger partial charge in [0.25, 0.3) is 5.91 Å². The fraction of sp³-hybridized carbons (Fsp3) is 0.133. The Morgan fingerprint density at radius 3 is 2.60 bits per heavy atom. The normalized spacial score (nSPS) is 10.1. The van der Waals surface area contributed by atoms with Crippen LogP contribution in [0, 0.1) is 12.7 Å². The van der Waals surface area contributed by atoms with Crippen LogP contribution in [0.2, 0.25) is 0 Å². The summed E-state index contributed by atoms with van der Waals surface area (Å²) >= 11 is 0. The van der Waals surface area contributed by atoms with Crippen LogP contribution >= 0.6 is 0 Å². The number of nitrogen functional groups attached to an aromatic ring is 1. The van der Waals surface area contributed by atoms with E-state index < -0.39 is 0 Å². The summed E-state index contributed by atoms with van der Waals surface area (Å²) < 4.78 is 18.1. The highest BCUT2D eigenvalue weighted by Gasteiger charge is 2.06. The molecule has 0 saturated heterocycles. The molecule has 0 radical (unpaired) electrons. The van der Waals surface area contributed by atoms with Gasteiger partial charge in [-0.3, -0.25) is 4.79 Å². The molecule has 0 aliphatic rings. The van der Waals surface area contributed by atoms with E-state index in [0.717, 1.165) is 5.56 Å². The number of amides is 1. The first kappa shape index (κ1) is 13.9. The summed E-state index contributed by atoms with van der Waals surface area (Å²) in [6.45, 7) is 1.76. The highest BCUT2D eigenvalue weighted by atomic mass is 19.1. The van der Waals surface area contributed by atoms with Gasteiger partial charge in [-0.25, -0.2) is 4.39 Å². The molecule has 0 bridgehead atoms.